The zero-order valence-corrected chi connectivity index (χ0v) is 25.6. The molecule has 7 nitrogen and oxygen atoms in total. The van der Waals surface area contributed by atoms with E-state index in [1.807, 2.05) is 25.1 Å². The molecule has 0 unspecified atom stereocenters. The van der Waals surface area contributed by atoms with Gasteiger partial charge in [-0.15, -0.1) is 0 Å². The molecule has 0 spiro atoms. The van der Waals surface area contributed by atoms with Crippen LogP contribution in [0, 0.1) is 5.41 Å². The van der Waals surface area contributed by atoms with E-state index in [0.29, 0.717) is 31.3 Å². The molecule has 0 saturated heterocycles. The molecule has 3 amide bonds. The fourth-order valence-electron chi connectivity index (χ4n) is 4.07. The number of benzene rings is 1. The number of nitrogens with one attached hydrogen (secondary N) is 2. The van der Waals surface area contributed by atoms with Gasteiger partial charge in [0.2, 0.25) is 12.3 Å². The van der Waals surface area contributed by atoms with E-state index in [2.05, 4.69) is 75.8 Å². The maximum Gasteiger partial charge on any atom is 0.308 e. The number of carbonyl (C=O) groups is 3. The van der Waals surface area contributed by atoms with Crippen LogP contribution in [0.4, 0.5) is 0 Å². The van der Waals surface area contributed by atoms with Gasteiger partial charge in [-0.25, -0.2) is 4.79 Å². The number of fused-ring (bicyclic) bond motifs is 2. The van der Waals surface area contributed by atoms with Crippen LogP contribution in [-0.4, -0.2) is 36.2 Å². The fraction of sp³-hybridized carbons (Fsp3) is 0.485. The third-order valence-corrected chi connectivity index (χ3v) is 6.75. The Morgan fingerprint density at radius 3 is 2.38 bits per heavy atom. The molecule has 1 aromatic rings. The molecule has 40 heavy (non-hydrogen) atoms. The van der Waals surface area contributed by atoms with E-state index in [1.54, 1.807) is 11.0 Å². The average molecular weight is 552 g/mol. The molecular weight excluding hydrogens is 500 g/mol. The predicted octanol–water partition coefficient (Wildman–Crippen LogP) is 5.27. The molecule has 0 atom stereocenters. The zero-order chi connectivity index (χ0) is 30.1. The van der Waals surface area contributed by atoms with Crippen molar-refractivity contribution in [1.82, 2.24) is 15.5 Å². The van der Waals surface area contributed by atoms with Crippen molar-refractivity contribution < 1.29 is 20.1 Å². The summed E-state index contributed by atoms with van der Waals surface area (Å²) < 4.78 is 0. The van der Waals surface area contributed by atoms with Crippen molar-refractivity contribution in [2.45, 2.75) is 86.6 Å². The Labute approximate surface area is 241 Å². The van der Waals surface area contributed by atoms with Crippen LogP contribution in [0.2, 0.25) is 0 Å². The van der Waals surface area contributed by atoms with Crippen molar-refractivity contribution in [2.24, 2.45) is 5.41 Å². The number of quaternary nitrogens is 1. The van der Waals surface area contributed by atoms with Crippen molar-refractivity contribution in [3.8, 4) is 0 Å². The van der Waals surface area contributed by atoms with E-state index in [4.69, 9.17) is 0 Å². The first-order valence-electron chi connectivity index (χ1n) is 14.4. The minimum Gasteiger partial charge on any atom is -0.384 e. The number of hydrogen-bond acceptors (Lipinski definition) is 4. The van der Waals surface area contributed by atoms with Crippen molar-refractivity contribution in [2.75, 3.05) is 13.1 Å². The molecule has 0 fully saturated rings. The molecule has 0 radical (unpaired) electrons. The molecule has 0 aliphatic carbocycles. The summed E-state index contributed by atoms with van der Waals surface area (Å²) in [6, 6.07) is 8.19. The summed E-state index contributed by atoms with van der Waals surface area (Å²) in [7, 11) is 0. The number of amides is 3. The summed E-state index contributed by atoms with van der Waals surface area (Å²) >= 11 is 0. The Bertz CT molecular complexity index is 1090. The first kappa shape index (κ1) is 34.6. The summed E-state index contributed by atoms with van der Waals surface area (Å²) in [5.74, 6) is 0.0212. The second-order valence-electron chi connectivity index (χ2n) is 11.0. The molecule has 2 aliphatic rings. The highest BCUT2D eigenvalue weighted by Crippen LogP contribution is 2.37. The minimum absolute atomic E-state index is 0.0361. The van der Waals surface area contributed by atoms with Gasteiger partial charge in [0.25, 0.3) is 0 Å². The lowest BCUT2D eigenvalue weighted by atomic mass is 9.92. The summed E-state index contributed by atoms with van der Waals surface area (Å²) in [6.45, 7) is 18.6. The summed E-state index contributed by atoms with van der Waals surface area (Å²) in [5, 5.41) is 6.09. The van der Waals surface area contributed by atoms with Gasteiger partial charge in [0.1, 0.15) is 0 Å². The van der Waals surface area contributed by atoms with Gasteiger partial charge >= 0.3 is 5.91 Å². The Hall–Kier alpha value is -3.45. The van der Waals surface area contributed by atoms with E-state index >= 15 is 0 Å². The second-order valence-corrected chi connectivity index (χ2v) is 11.0. The average Bonchev–Trinajstić information content (AvgIpc) is 3.40. The largest absolute Gasteiger partial charge is 0.384 e. The van der Waals surface area contributed by atoms with Crippen LogP contribution in [0.1, 0.15) is 91.2 Å². The lowest BCUT2D eigenvalue weighted by molar-refractivity contribution is -0.305. The van der Waals surface area contributed by atoms with Gasteiger partial charge in [-0.05, 0) is 42.4 Å². The van der Waals surface area contributed by atoms with Crippen LogP contribution < -0.4 is 16.4 Å². The molecule has 1 aromatic carbocycles. The molecule has 2 aliphatic heterocycles. The molecule has 3 rings (SSSR count). The van der Waals surface area contributed by atoms with Crippen LogP contribution >= 0.6 is 0 Å². The topological polar surface area (TPSA) is 106 Å². The van der Waals surface area contributed by atoms with Crippen molar-refractivity contribution in [3.63, 3.8) is 0 Å². The Morgan fingerprint density at radius 2 is 1.85 bits per heavy atom. The van der Waals surface area contributed by atoms with Gasteiger partial charge in [0.05, 0.1) is 18.7 Å². The Morgan fingerprint density at radius 1 is 1.18 bits per heavy atom. The van der Waals surface area contributed by atoms with Crippen molar-refractivity contribution >= 4 is 23.9 Å². The minimum atomic E-state index is -0.0361. The maximum atomic E-state index is 13.0. The summed E-state index contributed by atoms with van der Waals surface area (Å²) in [4.78, 5) is 35.4. The van der Waals surface area contributed by atoms with Crippen LogP contribution in [0.25, 0.3) is 5.70 Å². The number of unbranched alkanes of at least 4 members (excludes halogenated alkanes) is 1. The molecule has 2 heterocycles. The lowest BCUT2D eigenvalue weighted by Gasteiger charge is -2.30. The predicted molar refractivity (Wildman–Crippen MR) is 164 cm³/mol. The van der Waals surface area contributed by atoms with Gasteiger partial charge in [0, 0.05) is 36.3 Å². The van der Waals surface area contributed by atoms with E-state index in [0.717, 1.165) is 53.9 Å². The molecule has 220 valence electrons. The lowest BCUT2D eigenvalue weighted by Crippen LogP contribution is -2.56. The first-order chi connectivity index (χ1) is 19.0. The third-order valence-electron chi connectivity index (χ3n) is 6.75. The van der Waals surface area contributed by atoms with E-state index in [9.17, 15) is 14.4 Å². The maximum absolute atomic E-state index is 13.0. The fourth-order valence-corrected chi connectivity index (χ4v) is 4.07. The molecule has 0 bridgehead atoms. The highest BCUT2D eigenvalue weighted by Gasteiger charge is 2.28. The van der Waals surface area contributed by atoms with Gasteiger partial charge in [-0.1, -0.05) is 90.5 Å². The van der Waals surface area contributed by atoms with Gasteiger partial charge in [0.15, 0.2) is 0 Å². The SMILES string of the molecule is C=C/C1=C(\C=C/C)C2=C(NCC2)c2ccccc2CN1C(=O)CCNC=O.CCC(C)(C)C.CCCCC([NH3+])=O. The standard InChI is InChI=1S/C22H25N3O2.C6H14.C5H11NO/c1-3-7-18-19-10-13-24-22(19)17-9-6-5-8-16(17)14-25(20(18)4-2)21(27)11-12-23-15-26;1-5-6(2,3)4;1-2-3-4-5(6)7/h3-9,15,24H,2,10-14H2,1H3,(H,23,26);5H2,1-4H3;2-4H2,1H3,(H2,6,7)/p+1/b7-3-,20-18-;;. The van der Waals surface area contributed by atoms with Crippen LogP contribution in [0.5, 0.6) is 0 Å². The highest BCUT2D eigenvalue weighted by atomic mass is 16.2. The summed E-state index contributed by atoms with van der Waals surface area (Å²) in [5.41, 5.74) is 10.2. The number of rotatable bonds is 9. The number of nitrogens with zero attached hydrogens (tertiary/aromatic N) is 1. The third kappa shape index (κ3) is 11.3. The monoisotopic (exact) mass is 551 g/mol. The van der Waals surface area contributed by atoms with Gasteiger partial charge < -0.3 is 15.5 Å². The Balaban J connectivity index is 0.000000512. The quantitative estimate of drug-likeness (QED) is 0.287. The number of allylic oxidation sites excluding steroid dienone is 4. The Kier molecular flexibility index (Phi) is 15.6. The molecule has 0 saturated carbocycles. The summed E-state index contributed by atoms with van der Waals surface area (Å²) in [6.07, 6.45) is 11.6. The zero-order valence-electron chi connectivity index (χ0n) is 25.6. The molecule has 0 aromatic heterocycles. The van der Waals surface area contributed by atoms with E-state index < -0.39 is 0 Å². The van der Waals surface area contributed by atoms with Gasteiger partial charge in [-0.2, -0.15) is 0 Å². The van der Waals surface area contributed by atoms with Crippen LogP contribution in [0.3, 0.4) is 0 Å². The normalized spacial score (nSPS) is 16.2. The van der Waals surface area contributed by atoms with Gasteiger partial charge in [-0.3, -0.25) is 15.3 Å². The highest BCUT2D eigenvalue weighted by molar-refractivity contribution is 5.83. The van der Waals surface area contributed by atoms with E-state index in [-0.39, 0.29) is 18.2 Å². The van der Waals surface area contributed by atoms with Crippen molar-refractivity contribution in [1.29, 1.82) is 0 Å². The van der Waals surface area contributed by atoms with Crippen LogP contribution in [-0.2, 0) is 20.9 Å². The molecule has 5 N–H and O–H groups in total. The smallest absolute Gasteiger partial charge is 0.308 e. The van der Waals surface area contributed by atoms with Crippen molar-refractivity contribution in [3.05, 3.63) is 77.0 Å². The second kappa shape index (κ2) is 18.0. The van der Waals surface area contributed by atoms with E-state index in [1.165, 1.54) is 12.0 Å². The molecule has 7 heteroatoms. The van der Waals surface area contributed by atoms with Crippen LogP contribution in [0.15, 0.2) is 65.9 Å². The first-order valence-corrected chi connectivity index (χ1v) is 14.4. The number of hydrogen-bond donors (Lipinski definition) is 3. The molecular formula is C33H51N4O3+. The number of carbonyl (C=O) groups excluding carboxylic acids is 3.